The van der Waals surface area contributed by atoms with Crippen LogP contribution in [0.1, 0.15) is 49.3 Å². The summed E-state index contributed by atoms with van der Waals surface area (Å²) >= 11 is 0. The van der Waals surface area contributed by atoms with Gasteiger partial charge in [-0.3, -0.25) is 5.10 Å². The first-order valence-corrected chi connectivity index (χ1v) is 6.84. The minimum Gasteiger partial charge on any atom is -0.420 e. The third kappa shape index (κ3) is 1.88. The highest BCUT2D eigenvalue weighted by Gasteiger charge is 2.38. The van der Waals surface area contributed by atoms with Crippen LogP contribution >= 0.6 is 0 Å². The van der Waals surface area contributed by atoms with E-state index < -0.39 is 0 Å². The number of aromatic nitrogens is 2. The van der Waals surface area contributed by atoms with Crippen molar-refractivity contribution in [1.29, 1.82) is 5.26 Å². The van der Waals surface area contributed by atoms with Gasteiger partial charge < -0.3 is 10.5 Å². The molecule has 2 aliphatic rings. The molecule has 3 rings (SSSR count). The number of H-pyrrole nitrogens is 1. The van der Waals surface area contributed by atoms with Crippen LogP contribution < -0.4 is 10.5 Å². The first-order valence-electron chi connectivity index (χ1n) is 6.84. The second-order valence-corrected chi connectivity index (χ2v) is 5.43. The summed E-state index contributed by atoms with van der Waals surface area (Å²) in [7, 11) is 0. The lowest BCUT2D eigenvalue weighted by molar-refractivity contribution is 0.296. The van der Waals surface area contributed by atoms with Crippen molar-refractivity contribution in [3.8, 4) is 11.9 Å². The first kappa shape index (κ1) is 12.1. The molecule has 0 unspecified atom stereocenters. The van der Waals surface area contributed by atoms with E-state index in [0.717, 1.165) is 24.1 Å². The standard InChI is InChI=1S/C14H18N4O/c1-8-11-12(9-5-3-2-4-6-9)10(7-15)13(16)19-14(11)18-17-8/h9,12H,2-6,16H2,1H3,(H,17,18)/t12-/m0/s1. The number of nitriles is 1. The topological polar surface area (TPSA) is 87.7 Å². The van der Waals surface area contributed by atoms with Gasteiger partial charge in [0.25, 0.3) is 0 Å². The van der Waals surface area contributed by atoms with Crippen LogP contribution in [0.3, 0.4) is 0 Å². The van der Waals surface area contributed by atoms with Crippen molar-refractivity contribution in [2.75, 3.05) is 0 Å². The smallest absolute Gasteiger partial charge is 0.243 e. The fourth-order valence-electron chi connectivity index (χ4n) is 3.38. The van der Waals surface area contributed by atoms with Gasteiger partial charge in [0, 0.05) is 17.2 Å². The van der Waals surface area contributed by atoms with E-state index in [1.54, 1.807) is 0 Å². The molecule has 1 saturated carbocycles. The van der Waals surface area contributed by atoms with Crippen molar-refractivity contribution < 1.29 is 4.74 Å². The molecule has 0 spiro atoms. The van der Waals surface area contributed by atoms with Crippen molar-refractivity contribution in [2.45, 2.75) is 44.9 Å². The Balaban J connectivity index is 2.07. The van der Waals surface area contributed by atoms with Crippen molar-refractivity contribution >= 4 is 0 Å². The number of hydrogen-bond acceptors (Lipinski definition) is 4. The maximum absolute atomic E-state index is 9.42. The van der Waals surface area contributed by atoms with Gasteiger partial charge >= 0.3 is 0 Å². The molecule has 0 amide bonds. The van der Waals surface area contributed by atoms with Crippen LogP contribution in [0.25, 0.3) is 0 Å². The summed E-state index contributed by atoms with van der Waals surface area (Å²) in [4.78, 5) is 0. The molecule has 1 atom stereocenters. The molecule has 1 aromatic rings. The predicted molar refractivity (Wildman–Crippen MR) is 70.1 cm³/mol. The monoisotopic (exact) mass is 258 g/mol. The van der Waals surface area contributed by atoms with Crippen LogP contribution in [0, 0.1) is 24.2 Å². The summed E-state index contributed by atoms with van der Waals surface area (Å²) in [5, 5.41) is 16.5. The van der Waals surface area contributed by atoms with Crippen molar-refractivity contribution in [3.63, 3.8) is 0 Å². The Kier molecular flexibility index (Phi) is 2.94. The summed E-state index contributed by atoms with van der Waals surface area (Å²) in [6.07, 6.45) is 6.04. The molecule has 0 saturated heterocycles. The fourth-order valence-corrected chi connectivity index (χ4v) is 3.38. The van der Waals surface area contributed by atoms with Crippen molar-refractivity contribution in [1.82, 2.24) is 10.2 Å². The number of hydrogen-bond donors (Lipinski definition) is 2. The van der Waals surface area contributed by atoms with Gasteiger partial charge in [0.1, 0.15) is 6.07 Å². The second kappa shape index (κ2) is 4.61. The third-order valence-electron chi connectivity index (χ3n) is 4.30. The number of nitrogens with zero attached hydrogens (tertiary/aromatic N) is 2. The molecule has 0 aromatic carbocycles. The lowest BCUT2D eigenvalue weighted by Crippen LogP contribution is -2.26. The zero-order chi connectivity index (χ0) is 13.4. The zero-order valence-corrected chi connectivity index (χ0v) is 11.1. The maximum Gasteiger partial charge on any atom is 0.243 e. The van der Waals surface area contributed by atoms with Gasteiger partial charge in [-0.2, -0.15) is 5.26 Å². The SMILES string of the molecule is Cc1[nH]nc2c1[C@@H](C1CCCCC1)C(C#N)=C(N)O2. The number of ether oxygens (including phenoxy) is 1. The van der Waals surface area contributed by atoms with Gasteiger partial charge in [-0.1, -0.05) is 19.3 Å². The number of nitrogens with two attached hydrogens (primary N) is 1. The molecular formula is C14H18N4O. The molecule has 100 valence electrons. The Morgan fingerprint density at radius 3 is 2.79 bits per heavy atom. The minimum absolute atomic E-state index is 0.0489. The molecule has 1 aliphatic carbocycles. The maximum atomic E-state index is 9.42. The van der Waals surface area contributed by atoms with Crippen LogP contribution in [0.2, 0.25) is 0 Å². The Labute approximate surface area is 112 Å². The highest BCUT2D eigenvalue weighted by molar-refractivity contribution is 5.49. The molecule has 0 bridgehead atoms. The van der Waals surface area contributed by atoms with E-state index in [1.165, 1.54) is 19.3 Å². The Morgan fingerprint density at radius 1 is 1.37 bits per heavy atom. The number of allylic oxidation sites excluding steroid dienone is 1. The van der Waals surface area contributed by atoms with E-state index in [4.69, 9.17) is 10.5 Å². The molecule has 1 fully saturated rings. The zero-order valence-electron chi connectivity index (χ0n) is 11.1. The average Bonchev–Trinajstić information content (AvgIpc) is 2.79. The average molecular weight is 258 g/mol. The lowest BCUT2D eigenvalue weighted by Gasteiger charge is -2.32. The fraction of sp³-hybridized carbons (Fsp3) is 0.571. The van der Waals surface area contributed by atoms with Crippen LogP contribution in [0.15, 0.2) is 11.5 Å². The van der Waals surface area contributed by atoms with E-state index in [9.17, 15) is 5.26 Å². The largest absolute Gasteiger partial charge is 0.420 e. The minimum atomic E-state index is 0.0489. The number of nitrogens with one attached hydrogen (secondary N) is 1. The molecule has 0 radical (unpaired) electrons. The van der Waals surface area contributed by atoms with Gasteiger partial charge in [0.05, 0.1) is 5.57 Å². The van der Waals surface area contributed by atoms with Crippen LogP contribution in [0.5, 0.6) is 5.88 Å². The number of fused-ring (bicyclic) bond motifs is 1. The third-order valence-corrected chi connectivity index (χ3v) is 4.30. The van der Waals surface area contributed by atoms with Crippen molar-refractivity contribution in [2.24, 2.45) is 11.7 Å². The Bertz CT molecular complexity index is 560. The number of rotatable bonds is 1. The van der Waals surface area contributed by atoms with Gasteiger partial charge in [-0.05, 0) is 25.7 Å². The molecule has 5 heteroatoms. The summed E-state index contributed by atoms with van der Waals surface area (Å²) in [5.74, 6) is 1.29. The van der Waals surface area contributed by atoms with Gasteiger partial charge in [-0.25, -0.2) is 0 Å². The highest BCUT2D eigenvalue weighted by atomic mass is 16.5. The molecule has 1 aliphatic heterocycles. The summed E-state index contributed by atoms with van der Waals surface area (Å²) < 4.78 is 5.47. The molecule has 19 heavy (non-hydrogen) atoms. The van der Waals surface area contributed by atoms with Crippen LogP contribution in [-0.4, -0.2) is 10.2 Å². The summed E-state index contributed by atoms with van der Waals surface area (Å²) in [6.45, 7) is 1.97. The molecule has 3 N–H and O–H groups in total. The number of aryl methyl sites for hydroxylation is 1. The van der Waals surface area contributed by atoms with Crippen LogP contribution in [0.4, 0.5) is 0 Å². The second-order valence-electron chi connectivity index (χ2n) is 5.43. The summed E-state index contributed by atoms with van der Waals surface area (Å²) in [6, 6.07) is 2.25. The van der Waals surface area contributed by atoms with E-state index in [2.05, 4.69) is 16.3 Å². The van der Waals surface area contributed by atoms with E-state index >= 15 is 0 Å². The Morgan fingerprint density at radius 2 is 2.11 bits per heavy atom. The normalized spacial score (nSPS) is 23.7. The van der Waals surface area contributed by atoms with E-state index in [-0.39, 0.29) is 11.8 Å². The molecule has 2 heterocycles. The van der Waals surface area contributed by atoms with E-state index in [0.29, 0.717) is 17.4 Å². The Hall–Kier alpha value is -1.96. The number of aromatic amines is 1. The molecule has 5 nitrogen and oxygen atoms in total. The van der Waals surface area contributed by atoms with E-state index in [1.807, 2.05) is 6.92 Å². The van der Waals surface area contributed by atoms with Crippen molar-refractivity contribution in [3.05, 3.63) is 22.7 Å². The molecule has 1 aromatic heterocycles. The highest BCUT2D eigenvalue weighted by Crippen LogP contribution is 2.47. The quantitative estimate of drug-likeness (QED) is 0.810. The predicted octanol–water partition coefficient (Wildman–Crippen LogP) is 2.47. The van der Waals surface area contributed by atoms with Gasteiger partial charge in [0.15, 0.2) is 0 Å². The van der Waals surface area contributed by atoms with Gasteiger partial charge in [-0.15, -0.1) is 5.10 Å². The molecular weight excluding hydrogens is 240 g/mol. The van der Waals surface area contributed by atoms with Gasteiger partial charge in [0.2, 0.25) is 11.8 Å². The summed E-state index contributed by atoms with van der Waals surface area (Å²) in [5.41, 5.74) is 8.47. The first-order chi connectivity index (χ1) is 9.22. The van der Waals surface area contributed by atoms with Crippen LogP contribution in [-0.2, 0) is 0 Å². The lowest BCUT2D eigenvalue weighted by atomic mass is 9.73.